The van der Waals surface area contributed by atoms with Crippen LogP contribution in [0.1, 0.15) is 42.0 Å². The number of amides is 2. The van der Waals surface area contributed by atoms with Crippen molar-refractivity contribution in [2.75, 3.05) is 40.5 Å². The molecule has 210 valence electrons. The lowest BCUT2D eigenvalue weighted by Crippen LogP contribution is -2.38. The van der Waals surface area contributed by atoms with Gasteiger partial charge >= 0.3 is 0 Å². The standard InChI is InChI=1S/C32H37N3O5/c1-38-29-19-23-8-11-30(36)33-14-16-35(21-22-6-4-3-5-7-22)15-12-31(37)34-27-13-17-40-28-10-9-24(20-26(27)28)25(18-23)32(29)39-2/h3-7,9-10,18-20,27H,8,11-17,21H2,1-2H3,(H,33,36)(H,34,37). The molecule has 2 aliphatic heterocycles. The summed E-state index contributed by atoms with van der Waals surface area (Å²) in [5.74, 6) is 2.00. The number of aryl methyl sites for hydroxylation is 1. The predicted molar refractivity (Wildman–Crippen MR) is 154 cm³/mol. The maximum atomic E-state index is 13.2. The highest BCUT2D eigenvalue weighted by atomic mass is 16.5. The maximum absolute atomic E-state index is 13.2. The number of rotatable bonds is 4. The van der Waals surface area contributed by atoms with Crippen molar-refractivity contribution in [2.45, 2.75) is 38.3 Å². The molecule has 1 atom stereocenters. The molecule has 4 bridgehead atoms. The monoisotopic (exact) mass is 543 g/mol. The van der Waals surface area contributed by atoms with E-state index in [4.69, 9.17) is 14.2 Å². The summed E-state index contributed by atoms with van der Waals surface area (Å²) in [7, 11) is 3.24. The number of nitrogens with one attached hydrogen (secondary N) is 2. The van der Waals surface area contributed by atoms with Crippen LogP contribution in [-0.2, 0) is 22.6 Å². The number of carbonyl (C=O) groups excluding carboxylic acids is 2. The van der Waals surface area contributed by atoms with E-state index < -0.39 is 0 Å². The number of hydrogen-bond donors (Lipinski definition) is 2. The minimum atomic E-state index is -0.145. The van der Waals surface area contributed by atoms with Crippen LogP contribution in [0.15, 0.2) is 60.7 Å². The van der Waals surface area contributed by atoms with Gasteiger partial charge in [0.1, 0.15) is 5.75 Å². The van der Waals surface area contributed by atoms with Crippen molar-refractivity contribution >= 4 is 11.8 Å². The van der Waals surface area contributed by atoms with E-state index in [2.05, 4.69) is 39.8 Å². The Bertz CT molecular complexity index is 1340. The Morgan fingerprint density at radius 3 is 2.58 bits per heavy atom. The molecule has 0 spiro atoms. The Kier molecular flexibility index (Phi) is 8.86. The SMILES string of the molecule is COc1cc2cc(c1OC)-c1ccc3c(c1)C(CCO3)NC(=O)CCN(Cc1ccccc1)CCNC(=O)CC2. The van der Waals surface area contributed by atoms with Crippen molar-refractivity contribution < 1.29 is 23.8 Å². The molecule has 0 radical (unpaired) electrons. The van der Waals surface area contributed by atoms with Gasteiger partial charge in [0.25, 0.3) is 0 Å². The van der Waals surface area contributed by atoms with Crippen LogP contribution in [0.25, 0.3) is 11.1 Å². The average Bonchev–Trinajstić information content (AvgIpc) is 2.98. The van der Waals surface area contributed by atoms with Gasteiger partial charge in [-0.3, -0.25) is 14.5 Å². The molecule has 8 nitrogen and oxygen atoms in total. The Labute approximate surface area is 235 Å². The third-order valence-corrected chi connectivity index (χ3v) is 7.53. The van der Waals surface area contributed by atoms with Gasteiger partial charge in [0.05, 0.1) is 26.9 Å². The van der Waals surface area contributed by atoms with Crippen LogP contribution in [0.2, 0.25) is 0 Å². The summed E-state index contributed by atoms with van der Waals surface area (Å²) < 4.78 is 17.4. The molecule has 1 unspecified atom stereocenters. The molecular formula is C32H37N3O5. The molecule has 2 heterocycles. The lowest BCUT2D eigenvalue weighted by atomic mass is 9.93. The minimum Gasteiger partial charge on any atom is -0.493 e. The summed E-state index contributed by atoms with van der Waals surface area (Å²) in [6.45, 7) is 3.01. The van der Waals surface area contributed by atoms with E-state index in [0.29, 0.717) is 70.0 Å². The van der Waals surface area contributed by atoms with Crippen molar-refractivity contribution in [1.82, 2.24) is 15.5 Å². The fourth-order valence-electron chi connectivity index (χ4n) is 5.43. The summed E-state index contributed by atoms with van der Waals surface area (Å²) in [6.07, 6.45) is 1.98. The fourth-order valence-corrected chi connectivity index (χ4v) is 5.43. The van der Waals surface area contributed by atoms with Crippen LogP contribution in [0.3, 0.4) is 0 Å². The molecule has 0 aromatic heterocycles. The van der Waals surface area contributed by atoms with Crippen molar-refractivity contribution in [1.29, 1.82) is 0 Å². The Hall–Kier alpha value is -4.04. The van der Waals surface area contributed by atoms with Gasteiger partial charge in [0.2, 0.25) is 11.8 Å². The molecule has 0 saturated carbocycles. The summed E-state index contributed by atoms with van der Waals surface area (Å²) in [4.78, 5) is 28.1. The van der Waals surface area contributed by atoms with Crippen LogP contribution < -0.4 is 24.8 Å². The van der Waals surface area contributed by atoms with Crippen LogP contribution in [0.5, 0.6) is 17.2 Å². The normalized spacial score (nSPS) is 18.4. The minimum absolute atomic E-state index is 0.00675. The molecule has 0 aliphatic carbocycles. The predicted octanol–water partition coefficient (Wildman–Crippen LogP) is 4.27. The zero-order valence-electron chi connectivity index (χ0n) is 23.2. The molecule has 2 N–H and O–H groups in total. The van der Waals surface area contributed by atoms with Crippen molar-refractivity contribution in [3.63, 3.8) is 0 Å². The van der Waals surface area contributed by atoms with E-state index in [1.807, 2.05) is 36.4 Å². The molecule has 0 saturated heterocycles. The van der Waals surface area contributed by atoms with E-state index in [1.165, 1.54) is 5.56 Å². The highest BCUT2D eigenvalue weighted by Gasteiger charge is 2.25. The van der Waals surface area contributed by atoms with Gasteiger partial charge in [0.15, 0.2) is 11.5 Å². The fraction of sp³-hybridized carbons (Fsp3) is 0.375. The number of carbonyl (C=O) groups is 2. The topological polar surface area (TPSA) is 89.1 Å². The smallest absolute Gasteiger partial charge is 0.221 e. The third kappa shape index (κ3) is 6.57. The molecule has 0 fully saturated rings. The first-order chi connectivity index (χ1) is 19.5. The number of methoxy groups -OCH3 is 2. The second-order valence-corrected chi connectivity index (χ2v) is 10.3. The molecule has 3 aromatic carbocycles. The first-order valence-electron chi connectivity index (χ1n) is 13.9. The van der Waals surface area contributed by atoms with Gasteiger partial charge in [-0.05, 0) is 47.4 Å². The number of nitrogens with zero attached hydrogens (tertiary/aromatic N) is 1. The number of benzene rings is 3. The highest BCUT2D eigenvalue weighted by molar-refractivity contribution is 5.79. The van der Waals surface area contributed by atoms with Crippen molar-refractivity contribution in [3.05, 3.63) is 77.4 Å². The van der Waals surface area contributed by atoms with Gasteiger partial charge in [-0.15, -0.1) is 0 Å². The lowest BCUT2D eigenvalue weighted by molar-refractivity contribution is -0.123. The summed E-state index contributed by atoms with van der Waals surface area (Å²) >= 11 is 0. The Balaban J connectivity index is 1.47. The first kappa shape index (κ1) is 27.5. The molecule has 2 amide bonds. The molecular weight excluding hydrogens is 506 g/mol. The van der Waals surface area contributed by atoms with Gasteiger partial charge in [0, 0.05) is 56.6 Å². The second kappa shape index (κ2) is 12.9. The Morgan fingerprint density at radius 2 is 1.77 bits per heavy atom. The van der Waals surface area contributed by atoms with Crippen LogP contribution >= 0.6 is 0 Å². The van der Waals surface area contributed by atoms with Crippen molar-refractivity contribution in [3.8, 4) is 28.4 Å². The first-order valence-corrected chi connectivity index (χ1v) is 13.9. The quantitative estimate of drug-likeness (QED) is 0.511. The maximum Gasteiger partial charge on any atom is 0.221 e. The van der Waals surface area contributed by atoms with E-state index in [-0.39, 0.29) is 17.9 Å². The number of fused-ring (bicyclic) bond motifs is 4. The van der Waals surface area contributed by atoms with Gasteiger partial charge in [-0.25, -0.2) is 0 Å². The average molecular weight is 544 g/mol. The Morgan fingerprint density at radius 1 is 0.925 bits per heavy atom. The van der Waals surface area contributed by atoms with Gasteiger partial charge in [-0.2, -0.15) is 0 Å². The molecule has 2 aliphatic rings. The van der Waals surface area contributed by atoms with E-state index >= 15 is 0 Å². The summed E-state index contributed by atoms with van der Waals surface area (Å²) in [6, 6.07) is 20.0. The molecule has 3 aromatic rings. The summed E-state index contributed by atoms with van der Waals surface area (Å²) in [5.41, 5.74) is 4.90. The number of ether oxygens (including phenoxy) is 3. The van der Waals surface area contributed by atoms with Crippen LogP contribution in [0, 0.1) is 0 Å². The largest absolute Gasteiger partial charge is 0.493 e. The van der Waals surface area contributed by atoms with E-state index in [0.717, 1.165) is 28.0 Å². The third-order valence-electron chi connectivity index (χ3n) is 7.53. The second-order valence-electron chi connectivity index (χ2n) is 10.3. The molecule has 8 heteroatoms. The highest BCUT2D eigenvalue weighted by Crippen LogP contribution is 2.42. The van der Waals surface area contributed by atoms with Gasteiger partial charge in [-0.1, -0.05) is 36.4 Å². The summed E-state index contributed by atoms with van der Waals surface area (Å²) in [5, 5.41) is 6.31. The number of hydrogen-bond acceptors (Lipinski definition) is 6. The zero-order valence-corrected chi connectivity index (χ0v) is 23.2. The van der Waals surface area contributed by atoms with Crippen LogP contribution in [0.4, 0.5) is 0 Å². The molecule has 5 rings (SSSR count). The lowest BCUT2D eigenvalue weighted by Gasteiger charge is -2.28. The molecule has 40 heavy (non-hydrogen) atoms. The van der Waals surface area contributed by atoms with Crippen LogP contribution in [-0.4, -0.2) is 57.2 Å². The van der Waals surface area contributed by atoms with Gasteiger partial charge < -0.3 is 24.8 Å². The van der Waals surface area contributed by atoms with E-state index in [9.17, 15) is 9.59 Å². The zero-order chi connectivity index (χ0) is 27.9. The van der Waals surface area contributed by atoms with E-state index in [1.54, 1.807) is 14.2 Å². The van der Waals surface area contributed by atoms with Crippen molar-refractivity contribution in [2.24, 2.45) is 0 Å².